The van der Waals surface area contributed by atoms with Crippen LogP contribution in [0.3, 0.4) is 0 Å². The molecule has 3 N–H and O–H groups in total. The molecular weight excluding hydrogens is 437 g/mol. The Hall–Kier alpha value is -0.830. The Morgan fingerprint density at radius 3 is 2.83 bits per heavy atom. The molecule has 1 unspecified atom stereocenters. The van der Waals surface area contributed by atoms with Crippen molar-refractivity contribution in [2.24, 2.45) is 4.99 Å². The summed E-state index contributed by atoms with van der Waals surface area (Å²) in [6.07, 6.45) is 2.52. The van der Waals surface area contributed by atoms with Gasteiger partial charge in [0.2, 0.25) is 0 Å². The van der Waals surface area contributed by atoms with Gasteiger partial charge in [0.1, 0.15) is 0 Å². The summed E-state index contributed by atoms with van der Waals surface area (Å²) in [5, 5.41) is 16.8. The van der Waals surface area contributed by atoms with Crippen molar-refractivity contribution in [3.05, 3.63) is 23.8 Å². The minimum atomic E-state index is 0. The average Bonchev–Trinajstić information content (AvgIpc) is 2.98. The van der Waals surface area contributed by atoms with Crippen LogP contribution in [0.15, 0.2) is 23.2 Å². The molecule has 0 amide bonds. The molecule has 0 aromatic heterocycles. The highest BCUT2D eigenvalue weighted by atomic mass is 127. The lowest BCUT2D eigenvalue weighted by Gasteiger charge is -2.24. The van der Waals surface area contributed by atoms with E-state index >= 15 is 0 Å². The number of nitrogens with zero attached hydrogens (tertiary/aromatic N) is 1. The van der Waals surface area contributed by atoms with Crippen molar-refractivity contribution in [2.45, 2.75) is 38.0 Å². The zero-order valence-corrected chi connectivity index (χ0v) is 17.7. The minimum Gasteiger partial charge on any atom is -0.504 e. The highest BCUT2D eigenvalue weighted by molar-refractivity contribution is 14.0. The number of halogens is 1. The Balaban J connectivity index is 0.00000288. The normalized spacial score (nSPS) is 20.4. The number of thioether (sulfide) groups is 1. The molecule has 1 aliphatic rings. The number of hydrogen-bond acceptors (Lipinski definition) is 4. The molecule has 5 nitrogen and oxygen atoms in total. The van der Waals surface area contributed by atoms with Crippen molar-refractivity contribution in [1.82, 2.24) is 10.6 Å². The fourth-order valence-electron chi connectivity index (χ4n) is 2.61. The number of phenolic OH excluding ortho intramolecular Hbond substituents is 1. The maximum atomic E-state index is 10.1. The fourth-order valence-corrected chi connectivity index (χ4v) is 3.86. The van der Waals surface area contributed by atoms with Gasteiger partial charge >= 0.3 is 0 Å². The zero-order valence-electron chi connectivity index (χ0n) is 14.6. The number of guanidine groups is 1. The Bertz CT molecular complexity index is 549. The van der Waals surface area contributed by atoms with Gasteiger partial charge < -0.3 is 20.5 Å². The van der Waals surface area contributed by atoms with E-state index in [1.807, 2.05) is 30.8 Å². The van der Waals surface area contributed by atoms with Gasteiger partial charge in [-0.05, 0) is 38.5 Å². The molecule has 1 aromatic rings. The van der Waals surface area contributed by atoms with Gasteiger partial charge in [0, 0.05) is 23.4 Å². The SMILES string of the molecule is CCNC(=NCc1cccc(OC)c1O)NCC1(C)CCCS1.I. The third-order valence-electron chi connectivity index (χ3n) is 3.98. The number of rotatable bonds is 6. The molecule has 1 heterocycles. The Kier molecular flexibility index (Phi) is 9.04. The van der Waals surface area contributed by atoms with E-state index in [0.717, 1.165) is 24.6 Å². The van der Waals surface area contributed by atoms with Crippen LogP contribution in [0.5, 0.6) is 11.5 Å². The minimum absolute atomic E-state index is 0. The van der Waals surface area contributed by atoms with Crippen LogP contribution in [0, 0.1) is 0 Å². The molecule has 0 bridgehead atoms. The number of phenols is 1. The number of benzene rings is 1. The molecule has 0 radical (unpaired) electrons. The van der Waals surface area contributed by atoms with E-state index in [1.165, 1.54) is 18.6 Å². The van der Waals surface area contributed by atoms with Gasteiger partial charge in [-0.1, -0.05) is 12.1 Å². The standard InChI is InChI=1S/C17H27N3O2S.HI/c1-4-18-16(20-12-17(2)9-6-10-23-17)19-11-13-7-5-8-14(22-3)15(13)21;/h5,7-8,21H,4,6,9-12H2,1-3H3,(H2,18,19,20);1H. The molecule has 2 rings (SSSR count). The highest BCUT2D eigenvalue weighted by Crippen LogP contribution is 2.37. The van der Waals surface area contributed by atoms with Crippen LogP contribution in [-0.2, 0) is 6.54 Å². The van der Waals surface area contributed by atoms with Crippen molar-refractivity contribution in [3.63, 3.8) is 0 Å². The summed E-state index contributed by atoms with van der Waals surface area (Å²) in [6, 6.07) is 5.46. The first-order valence-electron chi connectivity index (χ1n) is 8.09. The van der Waals surface area contributed by atoms with E-state index in [1.54, 1.807) is 13.2 Å². The lowest BCUT2D eigenvalue weighted by Crippen LogP contribution is -2.43. The number of aromatic hydroxyl groups is 1. The topological polar surface area (TPSA) is 65.9 Å². The molecule has 1 aromatic carbocycles. The van der Waals surface area contributed by atoms with Gasteiger partial charge in [0.25, 0.3) is 0 Å². The van der Waals surface area contributed by atoms with Crippen LogP contribution in [0.25, 0.3) is 0 Å². The first-order chi connectivity index (χ1) is 11.1. The maximum absolute atomic E-state index is 10.1. The van der Waals surface area contributed by atoms with Gasteiger partial charge in [0.05, 0.1) is 13.7 Å². The molecule has 0 aliphatic carbocycles. The maximum Gasteiger partial charge on any atom is 0.191 e. The second-order valence-electron chi connectivity index (χ2n) is 5.92. The number of methoxy groups -OCH3 is 1. The van der Waals surface area contributed by atoms with Crippen LogP contribution in [0.4, 0.5) is 0 Å². The van der Waals surface area contributed by atoms with E-state index in [9.17, 15) is 5.11 Å². The monoisotopic (exact) mass is 465 g/mol. The molecule has 0 spiro atoms. The smallest absolute Gasteiger partial charge is 0.191 e. The number of hydrogen-bond donors (Lipinski definition) is 3. The number of para-hydroxylation sites is 1. The van der Waals surface area contributed by atoms with Crippen LogP contribution in [0.1, 0.15) is 32.3 Å². The summed E-state index contributed by atoms with van der Waals surface area (Å²) >= 11 is 2.02. The summed E-state index contributed by atoms with van der Waals surface area (Å²) in [5.41, 5.74) is 0.753. The molecule has 1 aliphatic heterocycles. The largest absolute Gasteiger partial charge is 0.504 e. The Morgan fingerprint density at radius 2 is 2.21 bits per heavy atom. The van der Waals surface area contributed by atoms with Gasteiger partial charge in [-0.2, -0.15) is 11.8 Å². The first kappa shape index (κ1) is 21.2. The predicted molar refractivity (Wildman–Crippen MR) is 113 cm³/mol. The quantitative estimate of drug-likeness (QED) is 0.342. The highest BCUT2D eigenvalue weighted by Gasteiger charge is 2.29. The lowest BCUT2D eigenvalue weighted by atomic mass is 10.1. The third kappa shape index (κ3) is 5.91. The molecule has 1 fully saturated rings. The predicted octanol–water partition coefficient (Wildman–Crippen LogP) is 3.36. The van der Waals surface area contributed by atoms with Crippen LogP contribution >= 0.6 is 35.7 Å². The van der Waals surface area contributed by atoms with Crippen molar-refractivity contribution in [3.8, 4) is 11.5 Å². The molecule has 1 saturated heterocycles. The van der Waals surface area contributed by atoms with E-state index in [4.69, 9.17) is 4.74 Å². The summed E-state index contributed by atoms with van der Waals surface area (Å²) in [6.45, 7) is 6.46. The molecule has 0 saturated carbocycles. The molecule has 7 heteroatoms. The Labute approximate surface area is 166 Å². The van der Waals surface area contributed by atoms with E-state index in [0.29, 0.717) is 12.3 Å². The summed E-state index contributed by atoms with van der Waals surface area (Å²) < 4.78 is 5.42. The van der Waals surface area contributed by atoms with Gasteiger partial charge in [-0.25, -0.2) is 4.99 Å². The Morgan fingerprint density at radius 1 is 1.42 bits per heavy atom. The summed E-state index contributed by atoms with van der Waals surface area (Å²) in [5.74, 6) is 2.66. The average molecular weight is 465 g/mol. The van der Waals surface area contributed by atoms with Gasteiger partial charge in [-0.15, -0.1) is 24.0 Å². The summed E-state index contributed by atoms with van der Waals surface area (Å²) in [4.78, 5) is 4.58. The van der Waals surface area contributed by atoms with Crippen molar-refractivity contribution >= 4 is 41.7 Å². The lowest BCUT2D eigenvalue weighted by molar-refractivity contribution is 0.370. The van der Waals surface area contributed by atoms with Gasteiger partial charge in [0.15, 0.2) is 17.5 Å². The number of nitrogens with one attached hydrogen (secondary N) is 2. The summed E-state index contributed by atoms with van der Waals surface area (Å²) in [7, 11) is 1.55. The second-order valence-corrected chi connectivity index (χ2v) is 7.60. The van der Waals surface area contributed by atoms with Crippen LogP contribution in [0.2, 0.25) is 0 Å². The van der Waals surface area contributed by atoms with Crippen LogP contribution in [-0.4, -0.2) is 41.8 Å². The first-order valence-corrected chi connectivity index (χ1v) is 9.07. The zero-order chi connectivity index (χ0) is 16.7. The van der Waals surface area contributed by atoms with Crippen molar-refractivity contribution in [1.29, 1.82) is 0 Å². The van der Waals surface area contributed by atoms with Crippen molar-refractivity contribution in [2.75, 3.05) is 26.0 Å². The van der Waals surface area contributed by atoms with E-state index in [-0.39, 0.29) is 34.5 Å². The molecular formula is C17H28IN3O2S. The second kappa shape index (κ2) is 10.2. The van der Waals surface area contributed by atoms with Crippen LogP contribution < -0.4 is 15.4 Å². The molecule has 1 atom stereocenters. The molecule has 24 heavy (non-hydrogen) atoms. The molecule has 136 valence electrons. The van der Waals surface area contributed by atoms with E-state index in [2.05, 4.69) is 22.5 Å². The van der Waals surface area contributed by atoms with Gasteiger partial charge in [-0.3, -0.25) is 0 Å². The number of ether oxygens (including phenoxy) is 1. The van der Waals surface area contributed by atoms with Crippen molar-refractivity contribution < 1.29 is 9.84 Å². The van der Waals surface area contributed by atoms with E-state index < -0.39 is 0 Å². The fraction of sp³-hybridized carbons (Fsp3) is 0.588. The third-order valence-corrected chi connectivity index (χ3v) is 5.52. The number of aliphatic imine (C=N–C) groups is 1.